The Bertz CT molecular complexity index is 547. The van der Waals surface area contributed by atoms with Gasteiger partial charge >= 0.3 is 0 Å². The predicted molar refractivity (Wildman–Crippen MR) is 71.5 cm³/mol. The fourth-order valence-corrected chi connectivity index (χ4v) is 1.83. The molecule has 0 aliphatic rings. The van der Waals surface area contributed by atoms with Crippen molar-refractivity contribution in [1.82, 2.24) is 15.3 Å². The first-order valence-corrected chi connectivity index (χ1v) is 5.84. The average Bonchev–Trinajstić information content (AvgIpc) is 2.73. The molecule has 2 rings (SSSR count). The number of carbonyl (C=O) groups excluding carboxylic acids is 1. The van der Waals surface area contributed by atoms with Gasteiger partial charge in [-0.05, 0) is 17.7 Å². The van der Waals surface area contributed by atoms with Crippen LogP contribution in [0.3, 0.4) is 0 Å². The number of benzene rings is 1. The van der Waals surface area contributed by atoms with Gasteiger partial charge in [0, 0.05) is 12.0 Å². The van der Waals surface area contributed by atoms with Gasteiger partial charge in [-0.3, -0.25) is 4.79 Å². The van der Waals surface area contributed by atoms with Crippen LogP contribution in [0.2, 0.25) is 0 Å². The highest BCUT2D eigenvalue weighted by Crippen LogP contribution is 2.25. The summed E-state index contributed by atoms with van der Waals surface area (Å²) < 4.78 is 0. The highest BCUT2D eigenvalue weighted by Gasteiger charge is 2.21. The van der Waals surface area contributed by atoms with Crippen LogP contribution in [-0.4, -0.2) is 21.8 Å². The van der Waals surface area contributed by atoms with Gasteiger partial charge in [-0.25, -0.2) is 4.98 Å². The third-order valence-corrected chi connectivity index (χ3v) is 3.04. The summed E-state index contributed by atoms with van der Waals surface area (Å²) in [4.78, 5) is 18.1. The standard InChI is InChI=1S/C12H15N3OS/c1-12(2,6-13-11(16)17)8-3-4-9-10(5-8)15-7-14-9/h3-5,7H,6H2,1-2H3,(H,14,15)(H2,13,16,17). The molecule has 1 aromatic heterocycles. The van der Waals surface area contributed by atoms with E-state index in [0.717, 1.165) is 16.6 Å². The molecule has 0 spiro atoms. The van der Waals surface area contributed by atoms with E-state index < -0.39 is 0 Å². The maximum Gasteiger partial charge on any atom is 0.276 e. The average molecular weight is 249 g/mol. The highest BCUT2D eigenvalue weighted by atomic mass is 32.1. The molecule has 2 aromatic rings. The van der Waals surface area contributed by atoms with Crippen molar-refractivity contribution in [2.24, 2.45) is 0 Å². The second-order valence-corrected chi connectivity index (χ2v) is 5.08. The van der Waals surface area contributed by atoms with E-state index in [1.165, 1.54) is 0 Å². The van der Waals surface area contributed by atoms with E-state index in [0.29, 0.717) is 6.54 Å². The Morgan fingerprint density at radius 1 is 1.53 bits per heavy atom. The van der Waals surface area contributed by atoms with Gasteiger partial charge in [-0.1, -0.05) is 32.5 Å². The van der Waals surface area contributed by atoms with Gasteiger partial charge in [-0.2, -0.15) is 0 Å². The molecule has 0 aliphatic carbocycles. The summed E-state index contributed by atoms with van der Waals surface area (Å²) in [6, 6.07) is 6.08. The summed E-state index contributed by atoms with van der Waals surface area (Å²) in [5.41, 5.74) is 2.96. The van der Waals surface area contributed by atoms with Crippen LogP contribution in [0.25, 0.3) is 11.0 Å². The Morgan fingerprint density at radius 3 is 3.00 bits per heavy atom. The van der Waals surface area contributed by atoms with Crippen LogP contribution >= 0.6 is 12.6 Å². The lowest BCUT2D eigenvalue weighted by atomic mass is 9.84. The number of hydrogen-bond acceptors (Lipinski definition) is 2. The van der Waals surface area contributed by atoms with Crippen molar-refractivity contribution in [2.75, 3.05) is 6.54 Å². The summed E-state index contributed by atoms with van der Waals surface area (Å²) in [7, 11) is 0. The van der Waals surface area contributed by atoms with Crippen molar-refractivity contribution < 1.29 is 4.79 Å². The molecule has 0 fully saturated rings. The third-order valence-electron chi connectivity index (χ3n) is 2.88. The Morgan fingerprint density at radius 2 is 2.29 bits per heavy atom. The van der Waals surface area contributed by atoms with Crippen LogP contribution in [0.4, 0.5) is 4.79 Å². The molecule has 0 bridgehead atoms. The minimum atomic E-state index is -0.305. The fraction of sp³-hybridized carbons (Fsp3) is 0.333. The van der Waals surface area contributed by atoms with E-state index >= 15 is 0 Å². The van der Waals surface area contributed by atoms with Gasteiger partial charge < -0.3 is 10.3 Å². The van der Waals surface area contributed by atoms with Crippen LogP contribution in [-0.2, 0) is 5.41 Å². The summed E-state index contributed by atoms with van der Waals surface area (Å²) in [6.07, 6.45) is 1.68. The number of aromatic nitrogens is 2. The van der Waals surface area contributed by atoms with E-state index in [1.807, 2.05) is 12.1 Å². The fourth-order valence-electron chi connectivity index (χ4n) is 1.76. The lowest BCUT2D eigenvalue weighted by Gasteiger charge is -2.25. The van der Waals surface area contributed by atoms with Crippen LogP contribution in [0.1, 0.15) is 19.4 Å². The van der Waals surface area contributed by atoms with E-state index in [2.05, 4.69) is 47.8 Å². The van der Waals surface area contributed by atoms with Gasteiger partial charge in [0.15, 0.2) is 0 Å². The minimum absolute atomic E-state index is 0.141. The Kier molecular flexibility index (Phi) is 3.11. The predicted octanol–water partition coefficient (Wildman–Crippen LogP) is 2.48. The number of nitrogens with one attached hydrogen (secondary N) is 2. The van der Waals surface area contributed by atoms with Crippen LogP contribution in [0.15, 0.2) is 24.5 Å². The molecular weight excluding hydrogens is 234 g/mol. The Labute approximate surface area is 105 Å². The maximum absolute atomic E-state index is 10.8. The summed E-state index contributed by atoms with van der Waals surface area (Å²) in [6.45, 7) is 4.71. The SMILES string of the molecule is CC(C)(CNC(=O)S)c1ccc2nc[nH]c2c1. The smallest absolute Gasteiger partial charge is 0.276 e. The zero-order chi connectivity index (χ0) is 12.5. The van der Waals surface area contributed by atoms with Crippen molar-refractivity contribution >= 4 is 28.9 Å². The molecule has 1 aromatic carbocycles. The summed E-state index contributed by atoms with van der Waals surface area (Å²) in [5.74, 6) is 0. The number of carbonyl (C=O) groups is 1. The van der Waals surface area contributed by atoms with E-state index in [-0.39, 0.29) is 10.7 Å². The van der Waals surface area contributed by atoms with Gasteiger partial charge in [0.25, 0.3) is 5.24 Å². The first-order valence-electron chi connectivity index (χ1n) is 5.39. The lowest BCUT2D eigenvalue weighted by Crippen LogP contribution is -2.34. The molecular formula is C12H15N3OS. The van der Waals surface area contributed by atoms with Crippen molar-refractivity contribution in [1.29, 1.82) is 0 Å². The summed E-state index contributed by atoms with van der Waals surface area (Å²) >= 11 is 3.71. The van der Waals surface area contributed by atoms with Crippen LogP contribution in [0.5, 0.6) is 0 Å². The first kappa shape index (κ1) is 12.0. The molecule has 0 saturated carbocycles. The van der Waals surface area contributed by atoms with E-state index in [4.69, 9.17) is 0 Å². The quantitative estimate of drug-likeness (QED) is 0.732. The number of rotatable bonds is 3. The van der Waals surface area contributed by atoms with Gasteiger partial charge in [0.2, 0.25) is 0 Å². The van der Waals surface area contributed by atoms with Crippen molar-refractivity contribution in [3.8, 4) is 0 Å². The number of amides is 1. The zero-order valence-electron chi connectivity index (χ0n) is 9.82. The van der Waals surface area contributed by atoms with Crippen molar-refractivity contribution in [3.63, 3.8) is 0 Å². The molecule has 90 valence electrons. The van der Waals surface area contributed by atoms with Gasteiger partial charge in [-0.15, -0.1) is 0 Å². The van der Waals surface area contributed by atoms with Crippen molar-refractivity contribution in [3.05, 3.63) is 30.1 Å². The maximum atomic E-state index is 10.8. The van der Waals surface area contributed by atoms with Gasteiger partial charge in [0.05, 0.1) is 17.4 Å². The van der Waals surface area contributed by atoms with Crippen LogP contribution < -0.4 is 5.32 Å². The first-order chi connectivity index (χ1) is 7.99. The number of aromatic amines is 1. The van der Waals surface area contributed by atoms with E-state index in [9.17, 15) is 4.79 Å². The molecule has 1 amide bonds. The third kappa shape index (κ3) is 2.61. The highest BCUT2D eigenvalue weighted by molar-refractivity contribution is 7.96. The molecule has 0 radical (unpaired) electrons. The minimum Gasteiger partial charge on any atom is -0.346 e. The second kappa shape index (κ2) is 4.41. The Balaban J connectivity index is 2.27. The normalized spacial score (nSPS) is 11.7. The van der Waals surface area contributed by atoms with Crippen molar-refractivity contribution in [2.45, 2.75) is 19.3 Å². The summed E-state index contributed by atoms with van der Waals surface area (Å²) in [5, 5.41) is 2.42. The number of H-pyrrole nitrogens is 1. The molecule has 0 unspecified atom stereocenters. The number of hydrogen-bond donors (Lipinski definition) is 3. The number of thiol groups is 1. The molecule has 0 saturated heterocycles. The number of fused-ring (bicyclic) bond motifs is 1. The molecule has 0 aliphatic heterocycles. The molecule has 1 heterocycles. The van der Waals surface area contributed by atoms with Crippen LogP contribution in [0, 0.1) is 0 Å². The monoisotopic (exact) mass is 249 g/mol. The zero-order valence-corrected chi connectivity index (χ0v) is 10.7. The number of nitrogens with zero attached hydrogens (tertiary/aromatic N) is 1. The number of imidazole rings is 1. The van der Waals surface area contributed by atoms with Gasteiger partial charge in [0.1, 0.15) is 0 Å². The molecule has 5 heteroatoms. The second-order valence-electron chi connectivity index (χ2n) is 4.68. The molecule has 2 N–H and O–H groups in total. The lowest BCUT2D eigenvalue weighted by molar-refractivity contribution is 0.259. The molecule has 4 nitrogen and oxygen atoms in total. The molecule has 0 atom stereocenters. The topological polar surface area (TPSA) is 57.8 Å². The molecule has 17 heavy (non-hydrogen) atoms. The largest absolute Gasteiger partial charge is 0.346 e. The van der Waals surface area contributed by atoms with E-state index in [1.54, 1.807) is 6.33 Å². The Hall–Kier alpha value is -1.49.